The largest absolute Gasteiger partial charge is 0.478 e. The van der Waals surface area contributed by atoms with Crippen molar-refractivity contribution in [1.82, 2.24) is 42.5 Å². The first-order chi connectivity index (χ1) is 23.4. The second-order valence-electron chi connectivity index (χ2n) is 16.6. The topological polar surface area (TPSA) is 171 Å². The molecule has 0 amide bonds. The molecular formula is C36H61ClFeN8O4. The summed E-state index contributed by atoms with van der Waals surface area (Å²) in [6.45, 7) is 0. The SMILES string of the molecule is C1CCC2C3NC(NC4NC(NC5NC(NC6NC(N3)C3CCCCC63)C3CCCCC53)C3CCCCC43)C2C1.Cl.O=C(O)/C=C/C(=O)O.[Fe]. The molecule has 5 saturated heterocycles. The Hall–Kier alpha value is -0.831. The summed E-state index contributed by atoms with van der Waals surface area (Å²) in [4.78, 5) is 19.1. The minimum Gasteiger partial charge on any atom is -0.478 e. The van der Waals surface area contributed by atoms with Gasteiger partial charge in [0.15, 0.2) is 0 Å². The maximum Gasteiger partial charge on any atom is 0.328 e. The van der Waals surface area contributed by atoms with E-state index in [-0.39, 0.29) is 29.5 Å². The maximum atomic E-state index is 9.55. The number of hydrogen-bond acceptors (Lipinski definition) is 10. The molecular weight excluding hydrogens is 700 g/mol. The van der Waals surface area contributed by atoms with E-state index in [9.17, 15) is 9.59 Å². The summed E-state index contributed by atoms with van der Waals surface area (Å²) in [5, 5.41) is 49.4. The maximum absolute atomic E-state index is 9.55. The third-order valence-corrected chi connectivity index (χ3v) is 14.2. The van der Waals surface area contributed by atoms with Crippen LogP contribution in [0.15, 0.2) is 12.2 Å². The molecule has 0 aromatic carbocycles. The predicted molar refractivity (Wildman–Crippen MR) is 189 cm³/mol. The molecule has 9 rings (SSSR count). The van der Waals surface area contributed by atoms with Crippen LogP contribution in [0.3, 0.4) is 0 Å². The number of carboxylic acid groups (broad SMARTS) is 2. The smallest absolute Gasteiger partial charge is 0.328 e. The van der Waals surface area contributed by atoms with Gasteiger partial charge in [-0.25, -0.2) is 9.59 Å². The summed E-state index contributed by atoms with van der Waals surface area (Å²) in [6.07, 6.45) is 26.7. The van der Waals surface area contributed by atoms with Crippen molar-refractivity contribution in [3.8, 4) is 0 Å². The van der Waals surface area contributed by atoms with E-state index in [1.165, 1.54) is 103 Å². The van der Waals surface area contributed by atoms with E-state index in [2.05, 4.69) is 42.5 Å². The van der Waals surface area contributed by atoms with E-state index in [1.54, 1.807) is 0 Å². The fourth-order valence-corrected chi connectivity index (χ4v) is 12.1. The van der Waals surface area contributed by atoms with Gasteiger partial charge in [-0.3, -0.25) is 42.5 Å². The monoisotopic (exact) mass is 760 g/mol. The molecule has 9 fully saturated rings. The molecule has 10 N–H and O–H groups in total. The van der Waals surface area contributed by atoms with Gasteiger partial charge in [-0.2, -0.15) is 0 Å². The summed E-state index contributed by atoms with van der Waals surface area (Å²) < 4.78 is 0. The average molecular weight is 761 g/mol. The molecule has 0 aromatic heterocycles. The van der Waals surface area contributed by atoms with Crippen LogP contribution in [0.5, 0.6) is 0 Å². The van der Waals surface area contributed by atoms with Crippen molar-refractivity contribution in [1.29, 1.82) is 0 Å². The summed E-state index contributed by atoms with van der Waals surface area (Å²) in [5.41, 5.74) is 0. The summed E-state index contributed by atoms with van der Waals surface area (Å²) in [7, 11) is 0. The van der Waals surface area contributed by atoms with Crippen LogP contribution < -0.4 is 42.5 Å². The second-order valence-corrected chi connectivity index (χ2v) is 16.6. The number of hydrogen-bond donors (Lipinski definition) is 10. The fraction of sp³-hybridized carbons (Fsp3) is 0.889. The Morgan fingerprint density at radius 1 is 0.360 bits per heavy atom. The van der Waals surface area contributed by atoms with Gasteiger partial charge in [0.05, 0.1) is 49.3 Å². The summed E-state index contributed by atoms with van der Waals surface area (Å²) >= 11 is 0. The van der Waals surface area contributed by atoms with Crippen LogP contribution in [0.1, 0.15) is 103 Å². The van der Waals surface area contributed by atoms with E-state index >= 15 is 0 Å². The van der Waals surface area contributed by atoms with Crippen molar-refractivity contribution in [2.45, 2.75) is 152 Å². The van der Waals surface area contributed by atoms with Crippen molar-refractivity contribution < 1.29 is 36.9 Å². The predicted octanol–water partition coefficient (Wildman–Crippen LogP) is 2.74. The molecule has 5 heterocycles. The van der Waals surface area contributed by atoms with Crippen molar-refractivity contribution in [3.63, 3.8) is 0 Å². The van der Waals surface area contributed by atoms with Gasteiger partial charge in [-0.05, 0) is 98.7 Å². The Morgan fingerprint density at radius 3 is 0.620 bits per heavy atom. The van der Waals surface area contributed by atoms with Crippen LogP contribution >= 0.6 is 12.4 Å². The normalized spacial score (nSPS) is 47.6. The molecule has 4 aliphatic carbocycles. The van der Waals surface area contributed by atoms with Crippen LogP contribution in [-0.2, 0) is 26.7 Å². The van der Waals surface area contributed by atoms with Crippen LogP contribution in [-0.4, -0.2) is 71.5 Å². The Balaban J connectivity index is 0.000000390. The molecule has 284 valence electrons. The number of fused-ring (bicyclic) bond motifs is 20. The Kier molecular flexibility index (Phi) is 13.3. The number of halogens is 1. The standard InChI is InChI=1S/C32H56N8.C4H4O4.ClH.Fe/c1-2-10-18-17(9-1)25-33-26(18)38-28-21-13-5-6-14-22(21)30(35-28)40-32-24-16-8-7-15-23(24)31(36-32)39-29-20-12-4-3-11-19(20)27(34-29)37-25;5-3(6)1-2-4(7)8;;/h17-40H,1-16H2;1-2H,(H,5,6)(H,7,8);1H;/b;2-1+;;. The first-order valence-corrected chi connectivity index (χ1v) is 19.7. The molecule has 14 heteroatoms. The van der Waals surface area contributed by atoms with Crippen LogP contribution in [0.4, 0.5) is 0 Å². The summed E-state index contributed by atoms with van der Waals surface area (Å²) in [5.74, 6) is 3.46. The zero-order valence-corrected chi connectivity index (χ0v) is 31.1. The van der Waals surface area contributed by atoms with Crippen molar-refractivity contribution in [2.24, 2.45) is 47.3 Å². The minimum atomic E-state index is -1.26. The molecule has 0 spiro atoms. The molecule has 9 aliphatic rings. The van der Waals surface area contributed by atoms with E-state index in [0.717, 1.165) is 47.3 Å². The molecule has 8 unspecified atom stereocenters. The van der Waals surface area contributed by atoms with E-state index in [0.29, 0.717) is 61.5 Å². The Morgan fingerprint density at radius 2 is 0.500 bits per heavy atom. The fourth-order valence-electron chi connectivity index (χ4n) is 12.1. The number of carbonyl (C=O) groups is 2. The van der Waals surface area contributed by atoms with E-state index in [1.807, 2.05) is 0 Å². The third kappa shape index (κ3) is 7.99. The molecule has 0 radical (unpaired) electrons. The molecule has 8 atom stereocenters. The van der Waals surface area contributed by atoms with Gasteiger partial charge in [0.25, 0.3) is 0 Å². The molecule has 4 saturated carbocycles. The molecule has 0 aromatic rings. The number of nitrogens with one attached hydrogen (secondary N) is 8. The zero-order chi connectivity index (χ0) is 32.8. The van der Waals surface area contributed by atoms with Crippen LogP contribution in [0, 0.1) is 47.3 Å². The molecule has 12 nitrogen and oxygen atoms in total. The van der Waals surface area contributed by atoms with Gasteiger partial charge in [0.1, 0.15) is 0 Å². The van der Waals surface area contributed by atoms with Crippen molar-refractivity contribution in [3.05, 3.63) is 12.2 Å². The van der Waals surface area contributed by atoms with Crippen LogP contribution in [0.25, 0.3) is 0 Å². The number of carboxylic acids is 2. The molecule has 50 heavy (non-hydrogen) atoms. The first kappa shape index (κ1) is 38.9. The van der Waals surface area contributed by atoms with Gasteiger partial charge >= 0.3 is 11.9 Å². The van der Waals surface area contributed by atoms with Gasteiger partial charge in [0, 0.05) is 29.2 Å². The molecule has 5 aliphatic heterocycles. The Bertz CT molecular complexity index is 981. The van der Waals surface area contributed by atoms with Crippen LogP contribution in [0.2, 0.25) is 0 Å². The van der Waals surface area contributed by atoms with Crippen molar-refractivity contribution in [2.75, 3.05) is 0 Å². The minimum absolute atomic E-state index is 0. The summed E-state index contributed by atoms with van der Waals surface area (Å²) in [6, 6.07) is 0. The quantitative estimate of drug-likeness (QED) is 0.148. The van der Waals surface area contributed by atoms with Crippen molar-refractivity contribution >= 4 is 24.3 Å². The third-order valence-electron chi connectivity index (χ3n) is 14.2. The van der Waals surface area contributed by atoms with Gasteiger partial charge in [-0.15, -0.1) is 12.4 Å². The van der Waals surface area contributed by atoms with Gasteiger partial charge in [-0.1, -0.05) is 51.4 Å². The molecule has 8 bridgehead atoms. The zero-order valence-electron chi connectivity index (χ0n) is 29.2. The Labute approximate surface area is 314 Å². The average Bonchev–Trinajstić information content (AvgIpc) is 3.83. The van der Waals surface area contributed by atoms with E-state index < -0.39 is 11.9 Å². The van der Waals surface area contributed by atoms with Gasteiger partial charge in [0.2, 0.25) is 0 Å². The second kappa shape index (κ2) is 17.1. The number of aliphatic carboxylic acids is 2. The van der Waals surface area contributed by atoms with Gasteiger partial charge < -0.3 is 10.2 Å². The first-order valence-electron chi connectivity index (χ1n) is 19.7. The van der Waals surface area contributed by atoms with E-state index in [4.69, 9.17) is 10.2 Å². The number of rotatable bonds is 2.